The number of nitrogens with one attached hydrogen (secondary N) is 1. The van der Waals surface area contributed by atoms with Crippen molar-refractivity contribution in [1.29, 1.82) is 0 Å². The first kappa shape index (κ1) is 17.8. The second-order valence-corrected chi connectivity index (χ2v) is 7.42. The molecule has 2 aliphatic rings. The predicted molar refractivity (Wildman–Crippen MR) is 108 cm³/mol. The number of hydrogen-bond donors (Lipinski definition) is 1. The summed E-state index contributed by atoms with van der Waals surface area (Å²) >= 11 is 0. The summed E-state index contributed by atoms with van der Waals surface area (Å²) in [7, 11) is 0. The minimum atomic E-state index is 0.00726. The van der Waals surface area contributed by atoms with E-state index >= 15 is 0 Å². The van der Waals surface area contributed by atoms with E-state index in [2.05, 4.69) is 15.2 Å². The summed E-state index contributed by atoms with van der Waals surface area (Å²) in [5.41, 5.74) is 2.66. The van der Waals surface area contributed by atoms with Crippen LogP contribution in [0.15, 0.2) is 46.9 Å². The fourth-order valence-electron chi connectivity index (χ4n) is 3.86. The molecule has 29 heavy (non-hydrogen) atoms. The van der Waals surface area contributed by atoms with Gasteiger partial charge >= 0.3 is 0 Å². The maximum Gasteiger partial charge on any atom is 0.298 e. The van der Waals surface area contributed by atoms with Crippen LogP contribution in [0, 0.1) is 5.92 Å². The molecule has 1 aromatic heterocycles. The van der Waals surface area contributed by atoms with Crippen molar-refractivity contribution in [2.24, 2.45) is 5.92 Å². The fourth-order valence-corrected chi connectivity index (χ4v) is 3.86. The molecule has 7 nitrogen and oxygen atoms in total. The molecule has 0 aliphatic carbocycles. The molecule has 1 amide bonds. The van der Waals surface area contributed by atoms with Crippen LogP contribution in [0.1, 0.15) is 18.4 Å². The van der Waals surface area contributed by atoms with Gasteiger partial charge in [-0.15, -0.1) is 0 Å². The van der Waals surface area contributed by atoms with E-state index in [0.717, 1.165) is 54.1 Å². The van der Waals surface area contributed by atoms with Crippen molar-refractivity contribution in [3.63, 3.8) is 0 Å². The number of nitrogens with zero attached hydrogens (tertiary/aromatic N) is 2. The maximum atomic E-state index is 12.6. The number of amides is 1. The van der Waals surface area contributed by atoms with E-state index in [1.54, 1.807) is 0 Å². The third-order valence-corrected chi connectivity index (χ3v) is 5.49. The highest BCUT2D eigenvalue weighted by molar-refractivity contribution is 5.79. The molecule has 2 aliphatic heterocycles. The van der Waals surface area contributed by atoms with Gasteiger partial charge in [-0.25, -0.2) is 0 Å². The number of carbonyl (C=O) groups excluding carboxylic acids is 1. The third-order valence-electron chi connectivity index (χ3n) is 5.49. The van der Waals surface area contributed by atoms with Gasteiger partial charge in [0.05, 0.1) is 0 Å². The second kappa shape index (κ2) is 7.66. The molecule has 0 radical (unpaired) electrons. The highest BCUT2D eigenvalue weighted by atomic mass is 16.6. The van der Waals surface area contributed by atoms with Crippen LogP contribution >= 0.6 is 0 Å². The summed E-state index contributed by atoms with van der Waals surface area (Å²) in [6.07, 6.45) is 1.57. The van der Waals surface area contributed by atoms with Crippen molar-refractivity contribution < 1.29 is 18.7 Å². The molecule has 0 bridgehead atoms. The zero-order valence-corrected chi connectivity index (χ0v) is 16.1. The molecule has 3 aromatic rings. The highest BCUT2D eigenvalue weighted by Crippen LogP contribution is 2.31. The first-order valence-electron chi connectivity index (χ1n) is 10.0. The molecule has 1 N–H and O–H groups in total. The van der Waals surface area contributed by atoms with Crippen LogP contribution in [0.5, 0.6) is 11.5 Å². The van der Waals surface area contributed by atoms with Crippen LogP contribution in [0.2, 0.25) is 0 Å². The van der Waals surface area contributed by atoms with Crippen molar-refractivity contribution in [2.75, 3.05) is 31.2 Å². The normalized spacial score (nSPS) is 16.8. The predicted octanol–water partition coefficient (Wildman–Crippen LogP) is 3.13. The number of aromatic nitrogens is 1. The molecule has 150 valence electrons. The quantitative estimate of drug-likeness (QED) is 0.734. The lowest BCUT2D eigenvalue weighted by Crippen LogP contribution is -2.40. The maximum absolute atomic E-state index is 12.6. The number of benzene rings is 2. The minimum Gasteiger partial charge on any atom is -0.486 e. The molecule has 1 fully saturated rings. The molecule has 0 atom stereocenters. The second-order valence-electron chi connectivity index (χ2n) is 7.42. The summed E-state index contributed by atoms with van der Waals surface area (Å²) in [5.74, 6) is 1.61. The number of hydrogen-bond acceptors (Lipinski definition) is 6. The van der Waals surface area contributed by atoms with E-state index < -0.39 is 0 Å². The topological polar surface area (TPSA) is 76.8 Å². The van der Waals surface area contributed by atoms with Gasteiger partial charge in [-0.1, -0.05) is 18.2 Å². The van der Waals surface area contributed by atoms with Crippen molar-refractivity contribution in [3.8, 4) is 11.5 Å². The van der Waals surface area contributed by atoms with Crippen molar-refractivity contribution >= 4 is 23.0 Å². The molecule has 2 aromatic carbocycles. The van der Waals surface area contributed by atoms with Crippen LogP contribution in [0.25, 0.3) is 11.1 Å². The first-order chi connectivity index (χ1) is 14.3. The minimum absolute atomic E-state index is 0.00726. The summed E-state index contributed by atoms with van der Waals surface area (Å²) < 4.78 is 17.0. The van der Waals surface area contributed by atoms with Gasteiger partial charge in [-0.2, -0.15) is 4.98 Å². The van der Waals surface area contributed by atoms with Gasteiger partial charge in [0.15, 0.2) is 17.1 Å². The van der Waals surface area contributed by atoms with Crippen molar-refractivity contribution in [3.05, 3.63) is 48.0 Å². The van der Waals surface area contributed by atoms with E-state index in [4.69, 9.17) is 13.9 Å². The molecule has 5 rings (SSSR count). The van der Waals surface area contributed by atoms with Gasteiger partial charge in [0.1, 0.15) is 18.7 Å². The Morgan fingerprint density at radius 3 is 2.69 bits per heavy atom. The molecular formula is C22H23N3O4. The Hall–Kier alpha value is -3.22. The lowest BCUT2D eigenvalue weighted by Gasteiger charge is -2.30. The van der Waals surface area contributed by atoms with Gasteiger partial charge in [-0.3, -0.25) is 4.79 Å². The van der Waals surface area contributed by atoms with Gasteiger partial charge in [0, 0.05) is 25.6 Å². The summed E-state index contributed by atoms with van der Waals surface area (Å²) in [6, 6.07) is 14.2. The van der Waals surface area contributed by atoms with E-state index in [-0.39, 0.29) is 11.8 Å². The summed E-state index contributed by atoms with van der Waals surface area (Å²) in [5, 5.41) is 3.06. The van der Waals surface area contributed by atoms with E-state index in [9.17, 15) is 4.79 Å². The highest BCUT2D eigenvalue weighted by Gasteiger charge is 2.27. The van der Waals surface area contributed by atoms with Gasteiger partial charge in [-0.05, 0) is 42.7 Å². The number of anilines is 1. The molecule has 0 spiro atoms. The van der Waals surface area contributed by atoms with Crippen LogP contribution in [-0.2, 0) is 11.3 Å². The Balaban J connectivity index is 1.15. The first-order valence-corrected chi connectivity index (χ1v) is 10.0. The lowest BCUT2D eigenvalue weighted by molar-refractivity contribution is -0.125. The van der Waals surface area contributed by atoms with E-state index in [1.807, 2.05) is 42.5 Å². The summed E-state index contributed by atoms with van der Waals surface area (Å²) in [6.45, 7) is 3.14. The number of para-hydroxylation sites is 2. The number of fused-ring (bicyclic) bond motifs is 2. The SMILES string of the molecule is O=C(NCc1ccc2c(c1)OCCO2)C1CCN(c2nc3ccccc3o2)CC1. The van der Waals surface area contributed by atoms with E-state index in [0.29, 0.717) is 25.8 Å². The Bertz CT molecular complexity index is 991. The number of rotatable bonds is 4. The fraction of sp³-hybridized carbons (Fsp3) is 0.364. The largest absolute Gasteiger partial charge is 0.486 e. The van der Waals surface area contributed by atoms with Gasteiger partial charge in [0.25, 0.3) is 6.01 Å². The standard InChI is InChI=1S/C22H23N3O4/c26-21(23-14-15-5-6-19-20(13-15)28-12-11-27-19)16-7-9-25(10-8-16)22-24-17-3-1-2-4-18(17)29-22/h1-6,13,16H,7-12,14H2,(H,23,26). The Kier molecular flexibility index (Phi) is 4.71. The van der Waals surface area contributed by atoms with Crippen LogP contribution in [0.3, 0.4) is 0 Å². The van der Waals surface area contributed by atoms with Gasteiger partial charge in [0.2, 0.25) is 5.91 Å². The Morgan fingerprint density at radius 1 is 1.07 bits per heavy atom. The van der Waals surface area contributed by atoms with Crippen molar-refractivity contribution in [1.82, 2.24) is 10.3 Å². The molecular weight excluding hydrogens is 370 g/mol. The average Bonchev–Trinajstić information content (AvgIpc) is 3.22. The number of piperidine rings is 1. The number of carbonyl (C=O) groups is 1. The number of ether oxygens (including phenoxy) is 2. The zero-order valence-electron chi connectivity index (χ0n) is 16.1. The number of oxazole rings is 1. The molecule has 0 unspecified atom stereocenters. The molecule has 7 heteroatoms. The zero-order chi connectivity index (χ0) is 19.6. The van der Waals surface area contributed by atoms with Gasteiger partial charge < -0.3 is 24.1 Å². The van der Waals surface area contributed by atoms with Crippen LogP contribution < -0.4 is 19.7 Å². The molecule has 0 saturated carbocycles. The monoisotopic (exact) mass is 393 g/mol. The third kappa shape index (κ3) is 3.72. The smallest absolute Gasteiger partial charge is 0.298 e. The molecule has 3 heterocycles. The van der Waals surface area contributed by atoms with Crippen molar-refractivity contribution in [2.45, 2.75) is 19.4 Å². The Labute approximate surface area is 168 Å². The lowest BCUT2D eigenvalue weighted by atomic mass is 9.96. The van der Waals surface area contributed by atoms with Crippen LogP contribution in [0.4, 0.5) is 6.01 Å². The summed E-state index contributed by atoms with van der Waals surface area (Å²) in [4.78, 5) is 19.3. The Morgan fingerprint density at radius 2 is 1.86 bits per heavy atom. The molecule has 1 saturated heterocycles. The van der Waals surface area contributed by atoms with Crippen LogP contribution in [-0.4, -0.2) is 37.2 Å². The van der Waals surface area contributed by atoms with E-state index in [1.165, 1.54) is 0 Å². The average molecular weight is 393 g/mol.